The normalized spacial score (nSPS) is 27.5. The van der Waals surface area contributed by atoms with Crippen molar-refractivity contribution in [2.24, 2.45) is 11.8 Å². The molecule has 3 amide bonds. The highest BCUT2D eigenvalue weighted by molar-refractivity contribution is 8.02. The van der Waals surface area contributed by atoms with Crippen LogP contribution in [0, 0.1) is 11.8 Å². The molecule has 1 N–H and O–H groups in total. The van der Waals surface area contributed by atoms with Gasteiger partial charge in [0.2, 0.25) is 11.8 Å². The summed E-state index contributed by atoms with van der Waals surface area (Å²) in [6, 6.07) is 15.9. The van der Waals surface area contributed by atoms with E-state index in [-0.39, 0.29) is 30.9 Å². The number of likely N-dealkylation sites (tertiary alicyclic amines) is 1. The van der Waals surface area contributed by atoms with E-state index in [0.717, 1.165) is 12.1 Å². The second-order valence-corrected chi connectivity index (χ2v) is 13.8. The molecule has 5 atom stereocenters. The summed E-state index contributed by atoms with van der Waals surface area (Å²) >= 11 is 8.22. The Bertz CT molecular complexity index is 1370. The van der Waals surface area contributed by atoms with Gasteiger partial charge in [0.05, 0.1) is 27.3 Å². The number of halogens is 1. The van der Waals surface area contributed by atoms with Crippen LogP contribution in [0.4, 0.5) is 11.4 Å². The van der Waals surface area contributed by atoms with E-state index in [0.29, 0.717) is 43.1 Å². The zero-order valence-corrected chi connectivity index (χ0v) is 25.5. The van der Waals surface area contributed by atoms with Crippen molar-refractivity contribution in [3.8, 4) is 0 Å². The summed E-state index contributed by atoms with van der Waals surface area (Å²) in [6.45, 7) is 10.7. The maximum absolute atomic E-state index is 14.7. The number of hydrogen-bond donors (Lipinski definition) is 1. The predicted molar refractivity (Wildman–Crippen MR) is 170 cm³/mol. The second-order valence-electron chi connectivity index (χ2n) is 11.5. The number of hydrogen-bond acceptors (Lipinski definition) is 5. The molecule has 3 saturated heterocycles. The fraction of sp³-hybridized carbons (Fsp3) is 0.424. The SMILES string of the molecule is C=CCN(C(=O)[C@@H]1[C@H]2C(=O)N(CCCCO)C(C(=O)N(CC=C)c3ccccc3Cl)C23CC[C@@]1(C)S3)c1ccccc1. The molecule has 0 radical (unpaired) electrons. The van der Waals surface area contributed by atoms with E-state index in [9.17, 15) is 19.5 Å². The van der Waals surface area contributed by atoms with Crippen molar-refractivity contribution in [2.45, 2.75) is 48.1 Å². The van der Waals surface area contributed by atoms with Gasteiger partial charge >= 0.3 is 0 Å². The van der Waals surface area contributed by atoms with Gasteiger partial charge in [0.15, 0.2) is 0 Å². The minimum absolute atomic E-state index is 0.00104. The average Bonchev–Trinajstić information content (AvgIpc) is 3.55. The zero-order chi connectivity index (χ0) is 30.1. The molecule has 0 saturated carbocycles. The minimum atomic E-state index is -0.779. The number of para-hydroxylation sites is 2. The highest BCUT2D eigenvalue weighted by Gasteiger charge is 2.77. The van der Waals surface area contributed by atoms with Gasteiger partial charge < -0.3 is 19.8 Å². The van der Waals surface area contributed by atoms with Crippen molar-refractivity contribution in [3.05, 3.63) is 84.9 Å². The molecule has 5 rings (SSSR count). The molecule has 9 heteroatoms. The van der Waals surface area contributed by atoms with Gasteiger partial charge in [0.1, 0.15) is 6.04 Å². The summed E-state index contributed by atoms with van der Waals surface area (Å²) < 4.78 is -1.27. The first-order valence-corrected chi connectivity index (χ1v) is 15.7. The van der Waals surface area contributed by atoms with Gasteiger partial charge in [-0.1, -0.05) is 54.1 Å². The lowest BCUT2D eigenvalue weighted by molar-refractivity contribution is -0.139. The van der Waals surface area contributed by atoms with Crippen LogP contribution in [-0.2, 0) is 14.4 Å². The molecule has 2 aromatic rings. The van der Waals surface area contributed by atoms with Crippen LogP contribution in [0.2, 0.25) is 5.02 Å². The lowest BCUT2D eigenvalue weighted by Gasteiger charge is -2.38. The topological polar surface area (TPSA) is 81.2 Å². The van der Waals surface area contributed by atoms with Gasteiger partial charge in [-0.15, -0.1) is 24.9 Å². The molecule has 3 heterocycles. The van der Waals surface area contributed by atoms with Gasteiger partial charge in [0.25, 0.3) is 5.91 Å². The third-order valence-corrected chi connectivity index (χ3v) is 11.3. The summed E-state index contributed by atoms with van der Waals surface area (Å²) in [6.07, 6.45) is 5.79. The Balaban J connectivity index is 1.59. The van der Waals surface area contributed by atoms with E-state index in [1.807, 2.05) is 42.5 Å². The number of nitrogens with zero attached hydrogens (tertiary/aromatic N) is 3. The van der Waals surface area contributed by atoms with Gasteiger partial charge in [-0.05, 0) is 56.9 Å². The summed E-state index contributed by atoms with van der Waals surface area (Å²) in [4.78, 5) is 48.7. The standard InChI is InChI=1S/C33H38ClN3O4S/c1-4-19-35(23-13-7-6-8-14-23)29(39)26-27-30(40)37(21-11-12-22-38)28(33(27)18-17-32(26,3)42-33)31(41)36(20-5-2)25-16-10-9-15-24(25)34/h4-10,13-16,26-28,38H,1-2,11-12,17-22H2,3H3/t26-,27-,28?,32+,33?/m0/s1. The fourth-order valence-corrected chi connectivity index (χ4v) is 9.78. The number of fused-ring (bicyclic) bond motifs is 1. The third-order valence-electron chi connectivity index (χ3n) is 8.95. The van der Waals surface area contributed by atoms with Crippen LogP contribution < -0.4 is 9.80 Å². The number of thioether (sulfide) groups is 1. The van der Waals surface area contributed by atoms with E-state index in [1.54, 1.807) is 50.7 Å². The van der Waals surface area contributed by atoms with Crippen LogP contribution in [0.25, 0.3) is 0 Å². The number of aliphatic hydroxyl groups is 1. The number of unbranched alkanes of at least 4 members (excludes halogenated alkanes) is 1. The van der Waals surface area contributed by atoms with Gasteiger partial charge in [-0.3, -0.25) is 14.4 Å². The molecule has 42 heavy (non-hydrogen) atoms. The van der Waals surface area contributed by atoms with E-state index in [1.165, 1.54) is 0 Å². The number of aliphatic hydroxyl groups excluding tert-OH is 1. The summed E-state index contributed by atoms with van der Waals surface area (Å²) in [5, 5.41) is 9.92. The Morgan fingerprint density at radius 2 is 1.69 bits per heavy atom. The average molecular weight is 608 g/mol. The second kappa shape index (κ2) is 12.3. The first-order chi connectivity index (χ1) is 20.2. The number of amides is 3. The zero-order valence-electron chi connectivity index (χ0n) is 24.0. The third kappa shape index (κ3) is 4.97. The Morgan fingerprint density at radius 1 is 1.02 bits per heavy atom. The lowest BCUT2D eigenvalue weighted by Crippen LogP contribution is -2.55. The van der Waals surface area contributed by atoms with Crippen LogP contribution in [0.5, 0.6) is 0 Å². The maximum Gasteiger partial charge on any atom is 0.251 e. The Hall–Kier alpha value is -3.07. The first kappa shape index (κ1) is 30.4. The molecular formula is C33H38ClN3O4S. The van der Waals surface area contributed by atoms with Gasteiger partial charge in [-0.25, -0.2) is 0 Å². The smallest absolute Gasteiger partial charge is 0.251 e. The molecule has 3 aliphatic heterocycles. The summed E-state index contributed by atoms with van der Waals surface area (Å²) in [7, 11) is 0. The largest absolute Gasteiger partial charge is 0.396 e. The molecule has 0 aromatic heterocycles. The molecule has 3 aliphatic rings. The van der Waals surface area contributed by atoms with E-state index >= 15 is 0 Å². The molecule has 0 aliphatic carbocycles. The number of benzene rings is 2. The van der Waals surface area contributed by atoms with Crippen LogP contribution in [0.15, 0.2) is 79.9 Å². The molecule has 2 unspecified atom stereocenters. The molecule has 3 fully saturated rings. The van der Waals surface area contributed by atoms with Crippen LogP contribution >= 0.6 is 23.4 Å². The summed E-state index contributed by atoms with van der Waals surface area (Å²) in [5.74, 6) is -1.75. The number of rotatable bonds is 12. The first-order valence-electron chi connectivity index (χ1n) is 14.5. The van der Waals surface area contributed by atoms with Crippen molar-refractivity contribution in [3.63, 3.8) is 0 Å². The summed E-state index contributed by atoms with van der Waals surface area (Å²) in [5.41, 5.74) is 1.31. The minimum Gasteiger partial charge on any atom is -0.396 e. The molecule has 222 valence electrons. The van der Waals surface area contributed by atoms with E-state index < -0.39 is 27.4 Å². The Labute approximate surface area is 257 Å². The molecule has 1 spiro atoms. The van der Waals surface area contributed by atoms with E-state index in [2.05, 4.69) is 20.1 Å². The monoisotopic (exact) mass is 607 g/mol. The lowest BCUT2D eigenvalue weighted by atomic mass is 9.66. The molecule has 2 aromatic carbocycles. The maximum atomic E-state index is 14.7. The van der Waals surface area contributed by atoms with Gasteiger partial charge in [-0.2, -0.15) is 0 Å². The van der Waals surface area contributed by atoms with Crippen LogP contribution in [0.3, 0.4) is 0 Å². The van der Waals surface area contributed by atoms with E-state index in [4.69, 9.17) is 11.6 Å². The molecular weight excluding hydrogens is 570 g/mol. The van der Waals surface area contributed by atoms with Crippen molar-refractivity contribution in [2.75, 3.05) is 36.0 Å². The van der Waals surface area contributed by atoms with Crippen molar-refractivity contribution >= 4 is 52.5 Å². The highest BCUT2D eigenvalue weighted by Crippen LogP contribution is 2.71. The van der Waals surface area contributed by atoms with Crippen molar-refractivity contribution in [1.29, 1.82) is 0 Å². The van der Waals surface area contributed by atoms with Crippen molar-refractivity contribution in [1.82, 2.24) is 4.90 Å². The number of carbonyl (C=O) groups is 3. The molecule has 7 nitrogen and oxygen atoms in total. The Morgan fingerprint density at radius 3 is 2.36 bits per heavy atom. The fourth-order valence-electron chi connectivity index (χ4n) is 7.20. The quantitative estimate of drug-likeness (QED) is 0.261. The highest BCUT2D eigenvalue weighted by atomic mass is 35.5. The van der Waals surface area contributed by atoms with Crippen molar-refractivity contribution < 1.29 is 19.5 Å². The van der Waals surface area contributed by atoms with Crippen LogP contribution in [0.1, 0.15) is 32.6 Å². The Kier molecular flexibility index (Phi) is 8.88. The number of carbonyl (C=O) groups excluding carboxylic acids is 3. The number of anilines is 2. The predicted octanol–water partition coefficient (Wildman–Crippen LogP) is 5.33. The molecule has 2 bridgehead atoms. The van der Waals surface area contributed by atoms with Gasteiger partial charge in [0, 0.05) is 36.7 Å². The van der Waals surface area contributed by atoms with Crippen LogP contribution in [-0.4, -0.2) is 69.5 Å².